The Labute approximate surface area is 72.1 Å². The molecule has 12 heavy (non-hydrogen) atoms. The Morgan fingerprint density at radius 3 is 3.08 bits per heavy atom. The Kier molecular flexibility index (Phi) is 2.02. The van der Waals surface area contributed by atoms with Gasteiger partial charge in [-0.05, 0) is 7.05 Å². The highest BCUT2D eigenvalue weighted by atomic mass is 16.5. The molecule has 2 rings (SSSR count). The number of morpholine rings is 1. The second-order valence-corrected chi connectivity index (χ2v) is 3.48. The number of esters is 1. The second-order valence-electron chi connectivity index (χ2n) is 3.48. The van der Waals surface area contributed by atoms with Crippen LogP contribution in [-0.2, 0) is 9.53 Å². The van der Waals surface area contributed by atoms with Crippen LogP contribution in [0.4, 0.5) is 0 Å². The second kappa shape index (κ2) is 3.03. The van der Waals surface area contributed by atoms with E-state index in [1.165, 1.54) is 0 Å². The summed E-state index contributed by atoms with van der Waals surface area (Å²) >= 11 is 0. The average Bonchev–Trinajstić information content (AvgIpc) is 2.07. The number of likely N-dealkylation sites (N-methyl/N-ethyl adjacent to an activating group) is 1. The minimum atomic E-state index is -0.0483. The quantitative estimate of drug-likeness (QED) is 0.444. The molecule has 2 heterocycles. The molecule has 2 fully saturated rings. The molecule has 0 aromatic carbocycles. The number of hydrogen-bond acceptors (Lipinski definition) is 4. The number of rotatable bonds is 0. The average molecular weight is 170 g/mol. The summed E-state index contributed by atoms with van der Waals surface area (Å²) in [6, 6.07) is -0.00231. The summed E-state index contributed by atoms with van der Waals surface area (Å²) in [5.41, 5.74) is 0. The molecule has 1 unspecified atom stereocenters. The number of fused-ring (bicyclic) bond motifs is 1. The van der Waals surface area contributed by atoms with Gasteiger partial charge in [-0.2, -0.15) is 0 Å². The summed E-state index contributed by atoms with van der Waals surface area (Å²) in [5, 5.41) is 0. The van der Waals surface area contributed by atoms with Crippen LogP contribution in [0.1, 0.15) is 0 Å². The Hall–Kier alpha value is -0.610. The number of ether oxygens (including phenoxy) is 1. The molecule has 4 nitrogen and oxygen atoms in total. The van der Waals surface area contributed by atoms with Crippen molar-refractivity contribution in [2.75, 3.05) is 39.8 Å². The normalized spacial score (nSPS) is 32.8. The molecular weight excluding hydrogens is 156 g/mol. The zero-order valence-electron chi connectivity index (χ0n) is 7.32. The fourth-order valence-electron chi connectivity index (χ4n) is 1.81. The lowest BCUT2D eigenvalue weighted by atomic mass is 10.1. The van der Waals surface area contributed by atoms with Crippen LogP contribution in [0, 0.1) is 0 Å². The van der Waals surface area contributed by atoms with Crippen molar-refractivity contribution in [3.8, 4) is 0 Å². The number of carbonyl (C=O) groups excluding carboxylic acids is 1. The maximum absolute atomic E-state index is 11.3. The van der Waals surface area contributed by atoms with Crippen LogP contribution >= 0.6 is 0 Å². The van der Waals surface area contributed by atoms with Gasteiger partial charge in [-0.25, -0.2) is 0 Å². The number of nitrogens with zero attached hydrogens (tertiary/aromatic N) is 2. The molecule has 1 atom stereocenters. The van der Waals surface area contributed by atoms with Crippen LogP contribution in [-0.4, -0.2) is 61.6 Å². The summed E-state index contributed by atoms with van der Waals surface area (Å²) < 4.78 is 4.99. The zero-order chi connectivity index (χ0) is 8.55. The Morgan fingerprint density at radius 1 is 1.42 bits per heavy atom. The molecule has 0 saturated carbocycles. The van der Waals surface area contributed by atoms with Crippen LogP contribution in [0.3, 0.4) is 0 Å². The van der Waals surface area contributed by atoms with Gasteiger partial charge >= 0.3 is 5.97 Å². The van der Waals surface area contributed by atoms with E-state index in [1.54, 1.807) is 0 Å². The summed E-state index contributed by atoms with van der Waals surface area (Å²) in [4.78, 5) is 15.7. The van der Waals surface area contributed by atoms with E-state index < -0.39 is 0 Å². The maximum atomic E-state index is 11.3. The lowest BCUT2D eigenvalue weighted by molar-refractivity contribution is -0.160. The van der Waals surface area contributed by atoms with Crippen molar-refractivity contribution >= 4 is 5.97 Å². The maximum Gasteiger partial charge on any atom is 0.324 e. The van der Waals surface area contributed by atoms with Crippen LogP contribution in [0.25, 0.3) is 0 Å². The van der Waals surface area contributed by atoms with Gasteiger partial charge in [-0.1, -0.05) is 0 Å². The molecule has 0 aromatic rings. The first kappa shape index (κ1) is 8.01. The first-order chi connectivity index (χ1) is 5.77. The minimum absolute atomic E-state index is 0.00231. The van der Waals surface area contributed by atoms with E-state index in [9.17, 15) is 4.79 Å². The molecule has 2 aliphatic rings. The van der Waals surface area contributed by atoms with E-state index in [-0.39, 0.29) is 12.0 Å². The third kappa shape index (κ3) is 1.32. The monoisotopic (exact) mass is 170 g/mol. The molecule has 68 valence electrons. The number of carbonyl (C=O) groups is 1. The summed E-state index contributed by atoms with van der Waals surface area (Å²) in [6.07, 6.45) is 0. The number of hydrogen-bond donors (Lipinski definition) is 0. The molecule has 0 aromatic heterocycles. The molecule has 4 heteroatoms. The summed E-state index contributed by atoms with van der Waals surface area (Å²) in [5.74, 6) is -0.0483. The molecule has 0 radical (unpaired) electrons. The predicted molar refractivity (Wildman–Crippen MR) is 43.8 cm³/mol. The molecule has 0 amide bonds. The smallest absolute Gasteiger partial charge is 0.324 e. The Balaban J connectivity index is 2.05. The van der Waals surface area contributed by atoms with Gasteiger partial charge in [-0.3, -0.25) is 9.69 Å². The first-order valence-corrected chi connectivity index (χ1v) is 4.36. The molecule has 0 bridgehead atoms. The third-order valence-electron chi connectivity index (χ3n) is 2.59. The van der Waals surface area contributed by atoms with Crippen molar-refractivity contribution in [3.05, 3.63) is 0 Å². The van der Waals surface area contributed by atoms with E-state index in [0.29, 0.717) is 6.61 Å². The third-order valence-corrected chi connectivity index (χ3v) is 2.59. The van der Waals surface area contributed by atoms with Gasteiger partial charge in [0.1, 0.15) is 12.6 Å². The highest BCUT2D eigenvalue weighted by molar-refractivity contribution is 5.76. The standard InChI is InChI=1S/C8H14N2O2/c1-9-2-3-10-4-5-12-8(11)7(10)6-9/h7H,2-6H2,1H3. The van der Waals surface area contributed by atoms with E-state index in [0.717, 1.165) is 26.2 Å². The highest BCUT2D eigenvalue weighted by Crippen LogP contribution is 2.13. The van der Waals surface area contributed by atoms with Gasteiger partial charge in [0.2, 0.25) is 0 Å². The predicted octanol–water partition coefficient (Wildman–Crippen LogP) is -0.841. The first-order valence-electron chi connectivity index (χ1n) is 4.36. The minimum Gasteiger partial charge on any atom is -0.463 e. The number of cyclic esters (lactones) is 1. The van der Waals surface area contributed by atoms with E-state index in [4.69, 9.17) is 4.74 Å². The highest BCUT2D eigenvalue weighted by Gasteiger charge is 2.34. The van der Waals surface area contributed by atoms with Crippen molar-refractivity contribution in [1.29, 1.82) is 0 Å². The molecule has 2 saturated heterocycles. The fourth-order valence-corrected chi connectivity index (χ4v) is 1.81. The van der Waals surface area contributed by atoms with Crippen molar-refractivity contribution in [2.45, 2.75) is 6.04 Å². The van der Waals surface area contributed by atoms with E-state index in [1.807, 2.05) is 7.05 Å². The van der Waals surface area contributed by atoms with Gasteiger partial charge in [0.25, 0.3) is 0 Å². The van der Waals surface area contributed by atoms with Crippen LogP contribution in [0.2, 0.25) is 0 Å². The molecule has 0 N–H and O–H groups in total. The van der Waals surface area contributed by atoms with E-state index >= 15 is 0 Å². The van der Waals surface area contributed by atoms with Gasteiger partial charge in [-0.15, -0.1) is 0 Å². The van der Waals surface area contributed by atoms with Crippen LogP contribution < -0.4 is 0 Å². The molecule has 0 aliphatic carbocycles. The van der Waals surface area contributed by atoms with Gasteiger partial charge in [0.15, 0.2) is 0 Å². The molecular formula is C8H14N2O2. The molecule has 0 spiro atoms. The lowest BCUT2D eigenvalue weighted by Crippen LogP contribution is -2.59. The summed E-state index contributed by atoms with van der Waals surface area (Å²) in [7, 11) is 2.04. The van der Waals surface area contributed by atoms with Crippen molar-refractivity contribution in [2.24, 2.45) is 0 Å². The zero-order valence-corrected chi connectivity index (χ0v) is 7.32. The number of piperazine rings is 1. The van der Waals surface area contributed by atoms with Crippen molar-refractivity contribution in [1.82, 2.24) is 9.80 Å². The molecule has 2 aliphatic heterocycles. The summed E-state index contributed by atoms with van der Waals surface area (Å²) in [6.45, 7) is 4.35. The lowest BCUT2D eigenvalue weighted by Gasteiger charge is -2.40. The Bertz CT molecular complexity index is 195. The topological polar surface area (TPSA) is 32.8 Å². The van der Waals surface area contributed by atoms with Crippen molar-refractivity contribution in [3.63, 3.8) is 0 Å². The fraction of sp³-hybridized carbons (Fsp3) is 0.875. The van der Waals surface area contributed by atoms with Gasteiger partial charge < -0.3 is 9.64 Å². The largest absolute Gasteiger partial charge is 0.463 e. The SMILES string of the molecule is CN1CCN2CCOC(=O)C2C1. The van der Waals surface area contributed by atoms with Gasteiger partial charge in [0.05, 0.1) is 0 Å². The van der Waals surface area contributed by atoms with Crippen LogP contribution in [0.5, 0.6) is 0 Å². The van der Waals surface area contributed by atoms with Crippen LogP contribution in [0.15, 0.2) is 0 Å². The van der Waals surface area contributed by atoms with E-state index in [2.05, 4.69) is 9.80 Å². The van der Waals surface area contributed by atoms with Crippen molar-refractivity contribution < 1.29 is 9.53 Å². The van der Waals surface area contributed by atoms with Gasteiger partial charge in [0, 0.05) is 26.2 Å². The Morgan fingerprint density at radius 2 is 2.25 bits per heavy atom.